The minimum absolute atomic E-state index is 0.0271. The maximum atomic E-state index is 13.2. The Morgan fingerprint density at radius 2 is 1.91 bits per heavy atom. The van der Waals surface area contributed by atoms with Gasteiger partial charge in [-0.1, -0.05) is 66.4 Å². The highest BCUT2D eigenvalue weighted by Gasteiger charge is 2.41. The predicted molar refractivity (Wildman–Crippen MR) is 134 cm³/mol. The molecule has 0 unspecified atom stereocenters. The fourth-order valence-electron chi connectivity index (χ4n) is 5.01. The van der Waals surface area contributed by atoms with Gasteiger partial charge in [0.2, 0.25) is 5.91 Å². The smallest absolute Gasteiger partial charge is 0.338 e. The minimum Gasteiger partial charge on any atom is -0.466 e. The Morgan fingerprint density at radius 3 is 2.71 bits per heavy atom. The summed E-state index contributed by atoms with van der Waals surface area (Å²) in [5.74, 6) is -0.443. The van der Waals surface area contributed by atoms with Gasteiger partial charge in [0.25, 0.3) is 0 Å². The Bertz CT molecular complexity index is 1220. The van der Waals surface area contributed by atoms with Crippen LogP contribution in [0.5, 0.6) is 0 Å². The minimum atomic E-state index is -0.409. The zero-order valence-corrected chi connectivity index (χ0v) is 20.1. The van der Waals surface area contributed by atoms with E-state index in [9.17, 15) is 9.59 Å². The Hall–Kier alpha value is -3.32. The molecule has 3 aliphatic rings. The molecule has 7 heteroatoms. The third-order valence-electron chi connectivity index (χ3n) is 6.57. The molecule has 6 nitrogen and oxygen atoms in total. The molecule has 174 valence electrons. The molecule has 2 heterocycles. The molecule has 0 saturated heterocycles. The molecule has 2 atom stereocenters. The number of hydrogen-bond acceptors (Lipinski definition) is 6. The fourth-order valence-corrected chi connectivity index (χ4v) is 5.97. The molecule has 1 aliphatic carbocycles. The van der Waals surface area contributed by atoms with E-state index in [2.05, 4.69) is 28.5 Å². The number of amidine groups is 1. The van der Waals surface area contributed by atoms with Gasteiger partial charge in [-0.15, -0.1) is 0 Å². The number of thioether (sulfide) groups is 1. The molecular weight excluding hydrogens is 446 g/mol. The van der Waals surface area contributed by atoms with Gasteiger partial charge < -0.3 is 15.0 Å². The Kier molecular flexibility index (Phi) is 6.28. The summed E-state index contributed by atoms with van der Waals surface area (Å²) in [4.78, 5) is 32.7. The van der Waals surface area contributed by atoms with Crippen LogP contribution < -0.4 is 5.32 Å². The van der Waals surface area contributed by atoms with Gasteiger partial charge in [0.15, 0.2) is 5.17 Å². The number of fused-ring (bicyclic) bond motifs is 2. The lowest BCUT2D eigenvalue weighted by Crippen LogP contribution is -2.38. The Balaban J connectivity index is 1.41. The van der Waals surface area contributed by atoms with Crippen molar-refractivity contribution in [2.45, 2.75) is 44.7 Å². The Morgan fingerprint density at radius 1 is 1.15 bits per heavy atom. The number of allylic oxidation sites excluding steroid dienone is 1. The van der Waals surface area contributed by atoms with Gasteiger partial charge in [0, 0.05) is 5.70 Å². The molecule has 0 bridgehead atoms. The maximum Gasteiger partial charge on any atom is 0.338 e. The van der Waals surface area contributed by atoms with Crippen molar-refractivity contribution in [1.29, 1.82) is 0 Å². The molecule has 0 fully saturated rings. The van der Waals surface area contributed by atoms with E-state index in [0.717, 1.165) is 35.7 Å². The van der Waals surface area contributed by atoms with Gasteiger partial charge in [-0.3, -0.25) is 4.79 Å². The maximum absolute atomic E-state index is 13.2. The van der Waals surface area contributed by atoms with Crippen LogP contribution >= 0.6 is 11.8 Å². The number of ether oxygens (including phenoxy) is 1. The lowest BCUT2D eigenvalue weighted by molar-refractivity contribution is -0.136. The lowest BCUT2D eigenvalue weighted by Gasteiger charge is -2.36. The number of aryl methyl sites for hydroxylation is 1. The number of carbonyl (C=O) groups excluding carboxylic acids is 2. The lowest BCUT2D eigenvalue weighted by atomic mass is 9.87. The molecule has 0 aromatic heterocycles. The van der Waals surface area contributed by atoms with Crippen LogP contribution in [0, 0.1) is 0 Å². The quantitative estimate of drug-likeness (QED) is 0.618. The molecule has 5 rings (SSSR count). The number of nitrogens with zero attached hydrogens (tertiary/aromatic N) is 2. The van der Waals surface area contributed by atoms with E-state index in [4.69, 9.17) is 4.74 Å². The molecule has 2 aromatic carbocycles. The summed E-state index contributed by atoms with van der Waals surface area (Å²) in [6.07, 6.45) is 3.26. The summed E-state index contributed by atoms with van der Waals surface area (Å²) in [5, 5.41) is 5.98. The number of hydrogen-bond donors (Lipinski definition) is 1. The highest BCUT2D eigenvalue weighted by molar-refractivity contribution is 8.16. The molecule has 1 amide bonds. The zero-order chi connectivity index (χ0) is 23.7. The van der Waals surface area contributed by atoms with Crippen molar-refractivity contribution >= 4 is 28.8 Å². The number of rotatable bonds is 5. The van der Waals surface area contributed by atoms with Crippen LogP contribution in [-0.4, -0.2) is 29.1 Å². The summed E-state index contributed by atoms with van der Waals surface area (Å²) in [7, 11) is 1.38. The largest absolute Gasteiger partial charge is 0.466 e. The van der Waals surface area contributed by atoms with Crippen molar-refractivity contribution in [3.05, 3.63) is 93.7 Å². The van der Waals surface area contributed by atoms with Crippen LogP contribution in [0.25, 0.3) is 0 Å². The van der Waals surface area contributed by atoms with Gasteiger partial charge in [-0.05, 0) is 48.3 Å². The number of aliphatic imine (C=N–C) groups is 1. The normalized spacial score (nSPS) is 21.3. The molecule has 2 aliphatic heterocycles. The second kappa shape index (κ2) is 9.50. The number of amides is 1. The van der Waals surface area contributed by atoms with E-state index in [1.807, 2.05) is 53.6 Å². The first kappa shape index (κ1) is 22.5. The average molecular weight is 474 g/mol. The van der Waals surface area contributed by atoms with E-state index in [0.29, 0.717) is 11.3 Å². The van der Waals surface area contributed by atoms with Crippen LogP contribution in [0.2, 0.25) is 0 Å². The van der Waals surface area contributed by atoms with E-state index >= 15 is 0 Å². The molecule has 0 saturated carbocycles. The summed E-state index contributed by atoms with van der Waals surface area (Å²) >= 11 is 1.48. The number of carbonyl (C=O) groups is 2. The number of esters is 1. The van der Waals surface area contributed by atoms with Gasteiger partial charge in [-0.2, -0.15) is 0 Å². The topological polar surface area (TPSA) is 71.0 Å². The number of methoxy groups -OCH3 is 1. The second-order valence-corrected chi connectivity index (χ2v) is 9.52. The van der Waals surface area contributed by atoms with E-state index in [1.54, 1.807) is 0 Å². The van der Waals surface area contributed by atoms with Gasteiger partial charge in [0.1, 0.15) is 0 Å². The van der Waals surface area contributed by atoms with Crippen molar-refractivity contribution in [3.63, 3.8) is 0 Å². The molecule has 2 aromatic rings. The van der Waals surface area contributed by atoms with Crippen LogP contribution in [0.3, 0.4) is 0 Å². The first-order valence-electron chi connectivity index (χ1n) is 11.5. The average Bonchev–Trinajstić information content (AvgIpc) is 3.25. The summed E-state index contributed by atoms with van der Waals surface area (Å²) < 4.78 is 5.11. The summed E-state index contributed by atoms with van der Waals surface area (Å²) in [5.41, 5.74) is 5.43. The Labute approximate surface area is 203 Å². The number of nitrogens with one attached hydrogen (secondary N) is 1. The molecule has 34 heavy (non-hydrogen) atoms. The molecule has 1 N–H and O–H groups in total. The van der Waals surface area contributed by atoms with Crippen LogP contribution in [0.4, 0.5) is 0 Å². The first-order valence-corrected chi connectivity index (χ1v) is 12.4. The predicted octanol–water partition coefficient (Wildman–Crippen LogP) is 5.02. The van der Waals surface area contributed by atoms with Gasteiger partial charge in [0.05, 0.1) is 36.9 Å². The molecule has 0 spiro atoms. The van der Waals surface area contributed by atoms with E-state index in [-0.39, 0.29) is 18.4 Å². The van der Waals surface area contributed by atoms with Crippen molar-refractivity contribution in [1.82, 2.24) is 10.2 Å². The van der Waals surface area contributed by atoms with Gasteiger partial charge >= 0.3 is 5.97 Å². The third kappa shape index (κ3) is 4.16. The van der Waals surface area contributed by atoms with Crippen molar-refractivity contribution in [3.8, 4) is 0 Å². The first-order chi connectivity index (χ1) is 16.6. The van der Waals surface area contributed by atoms with Crippen molar-refractivity contribution in [2.75, 3.05) is 7.11 Å². The standard InChI is InChI=1S/C27H27N3O3S/c1-17-24(26(32)33-2)25(19-10-4-3-5-11-19)30-20(16-34-27(30)28-17)15-23(31)29-22-14-8-12-18-9-6-7-13-21(18)22/h3-7,9-11,13,16,22,25H,8,12,14-15H2,1-2H3,(H,29,31)/t22-,25+/m0/s1. The molecule has 0 radical (unpaired) electrons. The van der Waals surface area contributed by atoms with Crippen molar-refractivity contribution < 1.29 is 14.3 Å². The number of benzene rings is 2. The van der Waals surface area contributed by atoms with E-state index in [1.165, 1.54) is 30.0 Å². The second-order valence-electron chi connectivity index (χ2n) is 8.68. The van der Waals surface area contributed by atoms with Gasteiger partial charge in [-0.25, -0.2) is 9.79 Å². The van der Waals surface area contributed by atoms with Crippen LogP contribution in [-0.2, 0) is 20.7 Å². The van der Waals surface area contributed by atoms with E-state index < -0.39 is 12.0 Å². The summed E-state index contributed by atoms with van der Waals surface area (Å²) in [6.45, 7) is 1.83. The van der Waals surface area contributed by atoms with Crippen molar-refractivity contribution in [2.24, 2.45) is 4.99 Å². The SMILES string of the molecule is COC(=O)C1=C(C)N=C2SC=C(CC(=O)N[C@H]3CCCc4ccccc43)N2[C@@H]1c1ccccc1. The summed E-state index contributed by atoms with van der Waals surface area (Å²) in [6, 6.07) is 17.8. The highest BCUT2D eigenvalue weighted by atomic mass is 32.2. The zero-order valence-electron chi connectivity index (χ0n) is 19.3. The monoisotopic (exact) mass is 473 g/mol. The molecular formula is C27H27N3O3S. The third-order valence-corrected chi connectivity index (χ3v) is 7.46. The fraction of sp³-hybridized carbons (Fsp3) is 0.296. The van der Waals surface area contributed by atoms with Crippen LogP contribution in [0.1, 0.15) is 55.0 Å². The van der Waals surface area contributed by atoms with Crippen LogP contribution in [0.15, 0.2) is 82.0 Å². The highest BCUT2D eigenvalue weighted by Crippen LogP contribution is 2.44.